The van der Waals surface area contributed by atoms with Gasteiger partial charge in [0.1, 0.15) is 6.42 Å². The van der Waals surface area contributed by atoms with Crippen molar-refractivity contribution in [3.8, 4) is 0 Å². The number of nitrogens with zero attached hydrogens (tertiary/aromatic N) is 3. The second kappa shape index (κ2) is 9.88. The summed E-state index contributed by atoms with van der Waals surface area (Å²) in [4.78, 5) is 32.4. The van der Waals surface area contributed by atoms with Gasteiger partial charge < -0.3 is 15.1 Å². The number of aromatic nitrogens is 1. The molecule has 1 aromatic carbocycles. The molecule has 0 atom stereocenters. The minimum Gasteiger partial charge on any atom is -0.372 e. The minimum absolute atomic E-state index is 0.152. The summed E-state index contributed by atoms with van der Waals surface area (Å²) >= 11 is 0. The van der Waals surface area contributed by atoms with E-state index < -0.39 is 0 Å². The number of nitrogens with one attached hydrogen (secondary N) is 1. The Kier molecular flexibility index (Phi) is 7.00. The predicted molar refractivity (Wildman–Crippen MR) is 111 cm³/mol. The fourth-order valence-corrected chi connectivity index (χ4v) is 3.36. The molecule has 0 spiro atoms. The molecule has 0 saturated carbocycles. The Balaban J connectivity index is 1.44. The molecule has 2 aromatic rings. The Hall–Kier alpha value is -2.89. The Bertz CT molecular complexity index is 771. The van der Waals surface area contributed by atoms with Crippen molar-refractivity contribution in [3.63, 3.8) is 0 Å². The van der Waals surface area contributed by atoms with E-state index in [-0.39, 0.29) is 18.2 Å². The van der Waals surface area contributed by atoms with Gasteiger partial charge in [-0.2, -0.15) is 0 Å². The lowest BCUT2D eigenvalue weighted by molar-refractivity contribution is -0.133. The Morgan fingerprint density at radius 1 is 1.04 bits per heavy atom. The minimum atomic E-state index is -0.286. The van der Waals surface area contributed by atoms with Crippen molar-refractivity contribution < 1.29 is 9.59 Å². The highest BCUT2D eigenvalue weighted by atomic mass is 16.2. The quantitative estimate of drug-likeness (QED) is 0.750. The van der Waals surface area contributed by atoms with E-state index in [0.717, 1.165) is 30.8 Å². The first kappa shape index (κ1) is 19.9. The maximum atomic E-state index is 12.3. The van der Waals surface area contributed by atoms with Crippen LogP contribution >= 0.6 is 0 Å². The molecule has 1 saturated heterocycles. The molecule has 6 heteroatoms. The topological polar surface area (TPSA) is 65.5 Å². The zero-order chi connectivity index (χ0) is 19.8. The molecule has 1 aliphatic heterocycles. The molecule has 6 nitrogen and oxygen atoms in total. The second-order valence-electron chi connectivity index (χ2n) is 7.24. The third kappa shape index (κ3) is 5.81. The van der Waals surface area contributed by atoms with Crippen LogP contribution < -0.4 is 10.2 Å². The van der Waals surface area contributed by atoms with Crippen LogP contribution in [0.5, 0.6) is 0 Å². The van der Waals surface area contributed by atoms with Gasteiger partial charge >= 0.3 is 0 Å². The van der Waals surface area contributed by atoms with Crippen molar-refractivity contribution >= 4 is 23.2 Å². The molecule has 1 aliphatic rings. The van der Waals surface area contributed by atoms with Gasteiger partial charge in [0.25, 0.3) is 0 Å². The zero-order valence-corrected chi connectivity index (χ0v) is 16.4. The second-order valence-corrected chi connectivity index (χ2v) is 7.24. The Morgan fingerprint density at radius 3 is 2.39 bits per heavy atom. The summed E-state index contributed by atoms with van der Waals surface area (Å²) in [5.41, 5.74) is 3.02. The first-order valence-corrected chi connectivity index (χ1v) is 9.89. The molecule has 3 rings (SSSR count). The smallest absolute Gasteiger partial charge is 0.233 e. The monoisotopic (exact) mass is 380 g/mol. The van der Waals surface area contributed by atoms with Gasteiger partial charge in [0, 0.05) is 50.5 Å². The third-order valence-electron chi connectivity index (χ3n) is 5.10. The van der Waals surface area contributed by atoms with Crippen LogP contribution in [0.25, 0.3) is 0 Å². The number of likely N-dealkylation sites (N-methyl/N-ethyl adjacent to an activating group) is 1. The van der Waals surface area contributed by atoms with Crippen molar-refractivity contribution in [3.05, 3.63) is 54.4 Å². The van der Waals surface area contributed by atoms with Crippen LogP contribution in [0.3, 0.4) is 0 Å². The fourth-order valence-electron chi connectivity index (χ4n) is 3.36. The number of carbonyl (C=O) groups excluding carboxylic acids is 2. The molecule has 0 radical (unpaired) electrons. The van der Waals surface area contributed by atoms with Gasteiger partial charge in [-0.25, -0.2) is 0 Å². The molecular weight excluding hydrogens is 352 g/mol. The van der Waals surface area contributed by atoms with Gasteiger partial charge in [-0.05, 0) is 67.6 Å². The normalized spacial score (nSPS) is 13.8. The van der Waals surface area contributed by atoms with Crippen LogP contribution in [0.15, 0.2) is 48.8 Å². The van der Waals surface area contributed by atoms with Gasteiger partial charge in [-0.3, -0.25) is 14.6 Å². The van der Waals surface area contributed by atoms with E-state index in [1.807, 2.05) is 36.4 Å². The maximum absolute atomic E-state index is 12.3. The van der Waals surface area contributed by atoms with Crippen LogP contribution in [-0.4, -0.2) is 48.4 Å². The lowest BCUT2D eigenvalue weighted by Gasteiger charge is -2.28. The van der Waals surface area contributed by atoms with Crippen molar-refractivity contribution in [1.82, 2.24) is 9.88 Å². The first-order valence-electron chi connectivity index (χ1n) is 9.89. The van der Waals surface area contributed by atoms with E-state index in [9.17, 15) is 9.59 Å². The molecular formula is C22H28N4O2. The summed E-state index contributed by atoms with van der Waals surface area (Å²) in [6.45, 7) is 2.75. The molecule has 0 bridgehead atoms. The molecule has 1 N–H and O–H groups in total. The van der Waals surface area contributed by atoms with Crippen LogP contribution in [0.4, 0.5) is 11.4 Å². The number of benzene rings is 1. The molecule has 148 valence electrons. The van der Waals surface area contributed by atoms with Crippen LogP contribution in [0.1, 0.15) is 31.2 Å². The summed E-state index contributed by atoms with van der Waals surface area (Å²) in [7, 11) is 1.73. The number of pyridine rings is 1. The van der Waals surface area contributed by atoms with E-state index in [4.69, 9.17) is 0 Å². The van der Waals surface area contributed by atoms with Crippen molar-refractivity contribution in [1.29, 1.82) is 0 Å². The van der Waals surface area contributed by atoms with E-state index in [1.165, 1.54) is 24.9 Å². The Morgan fingerprint density at radius 2 is 1.71 bits per heavy atom. The highest BCUT2D eigenvalue weighted by molar-refractivity contribution is 6.03. The molecule has 0 aliphatic carbocycles. The number of carbonyl (C=O) groups is 2. The zero-order valence-electron chi connectivity index (χ0n) is 16.4. The van der Waals surface area contributed by atoms with E-state index in [1.54, 1.807) is 24.3 Å². The maximum Gasteiger partial charge on any atom is 0.233 e. The standard InChI is InChI=1S/C22H28N4O2/c1-25(16-11-18-9-12-23-13-10-18)22(28)17-21(27)24-19-5-7-20(8-6-19)26-14-3-2-4-15-26/h5-10,12-13H,2-4,11,14-17H2,1H3,(H,24,27). The molecule has 2 heterocycles. The summed E-state index contributed by atoms with van der Waals surface area (Å²) in [5.74, 6) is -0.469. The summed E-state index contributed by atoms with van der Waals surface area (Å²) in [5, 5.41) is 2.82. The first-order chi connectivity index (χ1) is 13.6. The highest BCUT2D eigenvalue weighted by Gasteiger charge is 2.15. The molecule has 1 aromatic heterocycles. The van der Waals surface area contributed by atoms with Gasteiger partial charge in [0.2, 0.25) is 11.8 Å². The largest absolute Gasteiger partial charge is 0.372 e. The van der Waals surface area contributed by atoms with E-state index in [2.05, 4.69) is 15.2 Å². The third-order valence-corrected chi connectivity index (χ3v) is 5.10. The van der Waals surface area contributed by atoms with Crippen molar-refractivity contribution in [2.24, 2.45) is 0 Å². The van der Waals surface area contributed by atoms with E-state index >= 15 is 0 Å². The Labute approximate surface area is 166 Å². The summed E-state index contributed by atoms with van der Waals surface area (Å²) in [6, 6.07) is 11.7. The number of hydrogen-bond acceptors (Lipinski definition) is 4. The lowest BCUT2D eigenvalue weighted by Crippen LogP contribution is -2.32. The van der Waals surface area contributed by atoms with Crippen LogP contribution in [-0.2, 0) is 16.0 Å². The van der Waals surface area contributed by atoms with Crippen molar-refractivity contribution in [2.45, 2.75) is 32.1 Å². The summed E-state index contributed by atoms with van der Waals surface area (Å²) < 4.78 is 0. The summed E-state index contributed by atoms with van der Waals surface area (Å²) in [6.07, 6.45) is 7.83. The average molecular weight is 380 g/mol. The number of piperidine rings is 1. The fraction of sp³-hybridized carbons (Fsp3) is 0.409. The lowest BCUT2D eigenvalue weighted by atomic mass is 10.1. The molecule has 2 amide bonds. The number of anilines is 2. The number of amides is 2. The van der Waals surface area contributed by atoms with Crippen molar-refractivity contribution in [2.75, 3.05) is 36.9 Å². The molecule has 1 fully saturated rings. The van der Waals surface area contributed by atoms with Gasteiger partial charge in [0.05, 0.1) is 0 Å². The van der Waals surface area contributed by atoms with Crippen LogP contribution in [0, 0.1) is 0 Å². The van der Waals surface area contributed by atoms with Gasteiger partial charge in [-0.1, -0.05) is 0 Å². The predicted octanol–water partition coefficient (Wildman–Crippen LogP) is 3.10. The van der Waals surface area contributed by atoms with Gasteiger partial charge in [-0.15, -0.1) is 0 Å². The van der Waals surface area contributed by atoms with Crippen LogP contribution in [0.2, 0.25) is 0 Å². The van der Waals surface area contributed by atoms with E-state index in [0.29, 0.717) is 6.54 Å². The SMILES string of the molecule is CN(CCc1ccncc1)C(=O)CC(=O)Nc1ccc(N2CCCCC2)cc1. The average Bonchev–Trinajstić information content (AvgIpc) is 2.74. The number of hydrogen-bond donors (Lipinski definition) is 1. The molecule has 28 heavy (non-hydrogen) atoms. The number of rotatable bonds is 7. The highest BCUT2D eigenvalue weighted by Crippen LogP contribution is 2.21. The molecule has 0 unspecified atom stereocenters. The van der Waals surface area contributed by atoms with Gasteiger partial charge in [0.15, 0.2) is 0 Å².